The summed E-state index contributed by atoms with van der Waals surface area (Å²) in [5.41, 5.74) is 3.49. The van der Waals surface area contributed by atoms with E-state index in [1.54, 1.807) is 17.4 Å². The molecule has 0 saturated carbocycles. The maximum Gasteiger partial charge on any atom is 0.128 e. The summed E-state index contributed by atoms with van der Waals surface area (Å²) in [6.07, 6.45) is 0. The summed E-state index contributed by atoms with van der Waals surface area (Å²) in [4.78, 5) is 4.63. The summed E-state index contributed by atoms with van der Waals surface area (Å²) in [6, 6.07) is 10.1. The minimum Gasteiger partial charge on any atom is -0.319 e. The number of nitrogens with zero attached hydrogens (tertiary/aromatic N) is 3. The molecule has 0 fully saturated rings. The van der Waals surface area contributed by atoms with E-state index in [4.69, 9.17) is 11.6 Å². The fourth-order valence-corrected chi connectivity index (χ4v) is 3.48. The molecule has 3 nitrogen and oxygen atoms in total. The zero-order valence-electron chi connectivity index (χ0n) is 11.7. The van der Waals surface area contributed by atoms with Crippen LogP contribution in [0.3, 0.4) is 0 Å². The Morgan fingerprint density at radius 3 is 2.76 bits per heavy atom. The van der Waals surface area contributed by atoms with Gasteiger partial charge in [0, 0.05) is 0 Å². The normalized spacial score (nSPS) is 14.0. The summed E-state index contributed by atoms with van der Waals surface area (Å²) in [6.45, 7) is 4.04. The fourth-order valence-electron chi connectivity index (χ4n) is 2.57. The predicted octanol–water partition coefficient (Wildman–Crippen LogP) is 4.88. The quantitative estimate of drug-likeness (QED) is 0.646. The van der Waals surface area contributed by atoms with Crippen LogP contribution in [0.15, 0.2) is 35.0 Å². The van der Waals surface area contributed by atoms with Crippen molar-refractivity contribution in [3.05, 3.63) is 52.0 Å². The van der Waals surface area contributed by atoms with Gasteiger partial charge in [0.2, 0.25) is 0 Å². The van der Waals surface area contributed by atoms with E-state index >= 15 is 0 Å². The molecule has 2 aromatic heterocycles. The van der Waals surface area contributed by atoms with Crippen LogP contribution in [-0.2, 0) is 0 Å². The summed E-state index contributed by atoms with van der Waals surface area (Å²) < 4.78 is 2.13. The van der Waals surface area contributed by atoms with Gasteiger partial charge >= 0.3 is 0 Å². The van der Waals surface area contributed by atoms with Crippen molar-refractivity contribution in [1.82, 2.24) is 9.55 Å². The first-order valence-electron chi connectivity index (χ1n) is 6.70. The first kappa shape index (κ1) is 14.1. The molecule has 0 saturated heterocycles. The molecule has 1 aromatic carbocycles. The van der Waals surface area contributed by atoms with Gasteiger partial charge in [-0.05, 0) is 48.4 Å². The Hall–Kier alpha value is -1.83. The zero-order chi connectivity index (χ0) is 15.0. The molecule has 5 heteroatoms. The van der Waals surface area contributed by atoms with Crippen LogP contribution in [0.1, 0.15) is 42.2 Å². The number of thiophene rings is 1. The molecule has 3 aromatic rings. The van der Waals surface area contributed by atoms with Crippen molar-refractivity contribution in [2.75, 3.05) is 0 Å². The van der Waals surface area contributed by atoms with E-state index in [0.29, 0.717) is 5.56 Å². The third-order valence-electron chi connectivity index (χ3n) is 3.64. The van der Waals surface area contributed by atoms with E-state index in [2.05, 4.69) is 39.4 Å². The van der Waals surface area contributed by atoms with Crippen molar-refractivity contribution in [1.29, 1.82) is 5.26 Å². The molecule has 2 heterocycles. The number of benzene rings is 1. The van der Waals surface area contributed by atoms with Crippen LogP contribution >= 0.6 is 22.9 Å². The third-order valence-corrected chi connectivity index (χ3v) is 4.53. The van der Waals surface area contributed by atoms with Crippen LogP contribution in [0.2, 0.25) is 0 Å². The van der Waals surface area contributed by atoms with Gasteiger partial charge in [-0.3, -0.25) is 0 Å². The van der Waals surface area contributed by atoms with E-state index in [9.17, 15) is 5.26 Å². The molecule has 21 heavy (non-hydrogen) atoms. The lowest BCUT2D eigenvalue weighted by molar-refractivity contribution is 0.620. The van der Waals surface area contributed by atoms with Gasteiger partial charge in [0.1, 0.15) is 17.4 Å². The maximum atomic E-state index is 9.27. The molecule has 0 spiro atoms. The van der Waals surface area contributed by atoms with Gasteiger partial charge in [0.05, 0.1) is 22.5 Å². The Labute approximate surface area is 132 Å². The van der Waals surface area contributed by atoms with Crippen LogP contribution < -0.4 is 0 Å². The van der Waals surface area contributed by atoms with Crippen molar-refractivity contribution in [2.45, 2.75) is 25.3 Å². The number of alkyl halides is 1. The molecule has 0 aliphatic heterocycles. The van der Waals surface area contributed by atoms with E-state index < -0.39 is 0 Å². The first-order chi connectivity index (χ1) is 10.1. The molecule has 106 valence electrons. The van der Waals surface area contributed by atoms with Crippen LogP contribution in [0.5, 0.6) is 0 Å². The monoisotopic (exact) mass is 315 g/mol. The highest BCUT2D eigenvalue weighted by Crippen LogP contribution is 2.32. The minimum atomic E-state index is -0.218. The number of fused-ring (bicyclic) bond motifs is 1. The number of para-hydroxylation sites is 1. The predicted molar refractivity (Wildman–Crippen MR) is 86.8 cm³/mol. The van der Waals surface area contributed by atoms with Gasteiger partial charge in [-0.2, -0.15) is 16.6 Å². The van der Waals surface area contributed by atoms with Crippen molar-refractivity contribution < 1.29 is 0 Å². The molecule has 2 atom stereocenters. The average molecular weight is 316 g/mol. The van der Waals surface area contributed by atoms with Gasteiger partial charge < -0.3 is 4.57 Å². The Morgan fingerprint density at radius 1 is 1.33 bits per heavy atom. The SMILES string of the molecule is CC(Cl)c1nc2c(C#N)cccc2n1C(C)c1ccsc1. The van der Waals surface area contributed by atoms with Gasteiger partial charge in [-0.25, -0.2) is 4.98 Å². The van der Waals surface area contributed by atoms with Gasteiger partial charge in [0.25, 0.3) is 0 Å². The lowest BCUT2D eigenvalue weighted by atomic mass is 10.1. The molecule has 0 bridgehead atoms. The summed E-state index contributed by atoms with van der Waals surface area (Å²) >= 11 is 7.99. The van der Waals surface area contributed by atoms with Crippen molar-refractivity contribution in [2.24, 2.45) is 0 Å². The van der Waals surface area contributed by atoms with Crippen molar-refractivity contribution >= 4 is 34.0 Å². The second-order valence-corrected chi connectivity index (χ2v) is 6.41. The molecular weight excluding hydrogens is 302 g/mol. The average Bonchev–Trinajstić information content (AvgIpc) is 3.13. The molecule has 2 unspecified atom stereocenters. The second-order valence-electron chi connectivity index (χ2n) is 4.97. The molecule has 3 rings (SSSR count). The standard InChI is InChI=1S/C16H14ClN3S/c1-10(17)16-19-15-12(8-18)4-3-5-14(15)20(16)11(2)13-6-7-21-9-13/h3-7,9-11H,1-2H3. The van der Waals surface area contributed by atoms with Crippen LogP contribution in [0, 0.1) is 11.3 Å². The van der Waals surface area contributed by atoms with Gasteiger partial charge in [0.15, 0.2) is 0 Å². The number of imidazole rings is 1. The largest absolute Gasteiger partial charge is 0.319 e. The van der Waals surface area contributed by atoms with E-state index in [-0.39, 0.29) is 11.4 Å². The number of hydrogen-bond acceptors (Lipinski definition) is 3. The Bertz CT molecular complexity index is 812. The first-order valence-corrected chi connectivity index (χ1v) is 8.08. The van der Waals surface area contributed by atoms with Gasteiger partial charge in [-0.15, -0.1) is 11.6 Å². The van der Waals surface area contributed by atoms with E-state index in [0.717, 1.165) is 16.9 Å². The third kappa shape index (κ3) is 2.33. The molecular formula is C16H14ClN3S. The summed E-state index contributed by atoms with van der Waals surface area (Å²) in [7, 11) is 0. The lowest BCUT2D eigenvalue weighted by Gasteiger charge is -2.17. The highest BCUT2D eigenvalue weighted by atomic mass is 35.5. The Morgan fingerprint density at radius 2 is 2.14 bits per heavy atom. The van der Waals surface area contributed by atoms with Crippen LogP contribution in [0.4, 0.5) is 0 Å². The molecule has 0 amide bonds. The molecule has 0 aliphatic carbocycles. The smallest absolute Gasteiger partial charge is 0.128 e. The molecule has 0 aliphatic rings. The van der Waals surface area contributed by atoms with Crippen LogP contribution in [0.25, 0.3) is 11.0 Å². The van der Waals surface area contributed by atoms with Gasteiger partial charge in [-0.1, -0.05) is 6.07 Å². The maximum absolute atomic E-state index is 9.27. The summed E-state index contributed by atoms with van der Waals surface area (Å²) in [5.74, 6) is 0.799. The lowest BCUT2D eigenvalue weighted by Crippen LogP contribution is -2.10. The number of hydrogen-bond donors (Lipinski definition) is 0. The number of nitriles is 1. The Balaban J connectivity index is 2.30. The van der Waals surface area contributed by atoms with Crippen LogP contribution in [-0.4, -0.2) is 9.55 Å². The van der Waals surface area contributed by atoms with E-state index in [1.807, 2.05) is 19.1 Å². The van der Waals surface area contributed by atoms with Crippen molar-refractivity contribution in [3.8, 4) is 6.07 Å². The second kappa shape index (κ2) is 5.51. The van der Waals surface area contributed by atoms with E-state index in [1.165, 1.54) is 5.56 Å². The minimum absolute atomic E-state index is 0.131. The zero-order valence-corrected chi connectivity index (χ0v) is 13.3. The number of rotatable bonds is 3. The topological polar surface area (TPSA) is 41.6 Å². The fraction of sp³-hybridized carbons (Fsp3) is 0.250. The Kier molecular flexibility index (Phi) is 3.71. The highest BCUT2D eigenvalue weighted by molar-refractivity contribution is 7.07. The molecule has 0 radical (unpaired) electrons. The number of aromatic nitrogens is 2. The molecule has 0 N–H and O–H groups in total. The summed E-state index contributed by atoms with van der Waals surface area (Å²) in [5, 5.41) is 13.2. The number of halogens is 1. The van der Waals surface area contributed by atoms with Crippen molar-refractivity contribution in [3.63, 3.8) is 0 Å². The highest BCUT2D eigenvalue weighted by Gasteiger charge is 2.21.